The Morgan fingerprint density at radius 2 is 2.22 bits per heavy atom. The number of nitrogens with one attached hydrogen (secondary N) is 1. The first-order valence-electron chi connectivity index (χ1n) is 7.60. The molecule has 126 valence electrons. The Morgan fingerprint density at radius 3 is 2.91 bits per heavy atom. The van der Waals surface area contributed by atoms with E-state index in [-0.39, 0.29) is 30.7 Å². The molecule has 0 atom stereocenters. The summed E-state index contributed by atoms with van der Waals surface area (Å²) in [5.74, 6) is -0.531. The standard InChI is InChI=1S/C16H22FN3O3/c1-23-8-5-18-10-15(21)20-7-6-19(16(22)12-20)11-13-3-2-4-14(17)9-13/h2-4,9,18H,5-8,10-12H2,1H3. The van der Waals surface area contributed by atoms with Crippen molar-refractivity contribution in [1.29, 1.82) is 0 Å². The van der Waals surface area contributed by atoms with Gasteiger partial charge >= 0.3 is 0 Å². The fourth-order valence-corrected chi connectivity index (χ4v) is 2.43. The highest BCUT2D eigenvalue weighted by atomic mass is 19.1. The number of benzene rings is 1. The molecule has 2 amide bonds. The van der Waals surface area contributed by atoms with E-state index in [9.17, 15) is 14.0 Å². The largest absolute Gasteiger partial charge is 0.383 e. The summed E-state index contributed by atoms with van der Waals surface area (Å²) in [6.07, 6.45) is 0. The van der Waals surface area contributed by atoms with Gasteiger partial charge in [-0.3, -0.25) is 9.59 Å². The van der Waals surface area contributed by atoms with E-state index in [1.165, 1.54) is 12.1 Å². The third-order valence-electron chi connectivity index (χ3n) is 3.69. The molecule has 1 saturated heterocycles. The number of nitrogens with zero attached hydrogens (tertiary/aromatic N) is 2. The average Bonchev–Trinajstić information content (AvgIpc) is 2.53. The first kappa shape index (κ1) is 17.4. The number of rotatable bonds is 7. The van der Waals surface area contributed by atoms with E-state index in [1.54, 1.807) is 29.0 Å². The van der Waals surface area contributed by atoms with Gasteiger partial charge in [0.25, 0.3) is 0 Å². The third-order valence-corrected chi connectivity index (χ3v) is 3.69. The summed E-state index contributed by atoms with van der Waals surface area (Å²) >= 11 is 0. The van der Waals surface area contributed by atoms with Crippen molar-refractivity contribution in [2.24, 2.45) is 0 Å². The predicted molar refractivity (Wildman–Crippen MR) is 83.1 cm³/mol. The van der Waals surface area contributed by atoms with Gasteiger partial charge in [0.2, 0.25) is 11.8 Å². The minimum Gasteiger partial charge on any atom is -0.383 e. The molecular weight excluding hydrogens is 301 g/mol. The van der Waals surface area contributed by atoms with Gasteiger partial charge in [0.15, 0.2) is 0 Å². The average molecular weight is 323 g/mol. The fraction of sp³-hybridized carbons (Fsp3) is 0.500. The van der Waals surface area contributed by atoms with E-state index in [0.29, 0.717) is 32.8 Å². The van der Waals surface area contributed by atoms with Crippen molar-refractivity contribution >= 4 is 11.8 Å². The lowest BCUT2D eigenvalue weighted by atomic mass is 10.2. The van der Waals surface area contributed by atoms with E-state index in [1.807, 2.05) is 0 Å². The molecule has 0 bridgehead atoms. The van der Waals surface area contributed by atoms with E-state index in [0.717, 1.165) is 5.56 Å². The van der Waals surface area contributed by atoms with Gasteiger partial charge in [-0.1, -0.05) is 12.1 Å². The van der Waals surface area contributed by atoms with Crippen molar-refractivity contribution in [2.45, 2.75) is 6.54 Å². The molecule has 1 fully saturated rings. The van der Waals surface area contributed by atoms with E-state index in [4.69, 9.17) is 4.74 Å². The normalized spacial score (nSPS) is 15.1. The Bertz CT molecular complexity index is 553. The number of amides is 2. The quantitative estimate of drug-likeness (QED) is 0.730. The maximum Gasteiger partial charge on any atom is 0.242 e. The number of halogens is 1. The van der Waals surface area contributed by atoms with Gasteiger partial charge in [-0.15, -0.1) is 0 Å². The van der Waals surface area contributed by atoms with Crippen molar-refractivity contribution in [2.75, 3.05) is 46.4 Å². The predicted octanol–water partition coefficient (Wildman–Crippen LogP) is 0.233. The zero-order valence-corrected chi connectivity index (χ0v) is 13.3. The van der Waals surface area contributed by atoms with Gasteiger partial charge in [0.1, 0.15) is 5.82 Å². The smallest absolute Gasteiger partial charge is 0.242 e. The molecule has 2 rings (SSSR count). The lowest BCUT2D eigenvalue weighted by molar-refractivity contribution is -0.145. The number of piperazine rings is 1. The van der Waals surface area contributed by atoms with Crippen molar-refractivity contribution < 1.29 is 18.7 Å². The Kier molecular flexibility index (Phi) is 6.49. The van der Waals surface area contributed by atoms with Crippen LogP contribution in [0, 0.1) is 5.82 Å². The Hall–Kier alpha value is -1.99. The zero-order chi connectivity index (χ0) is 16.7. The Labute approximate surface area is 135 Å². The molecule has 1 aliphatic heterocycles. The molecule has 23 heavy (non-hydrogen) atoms. The number of ether oxygens (including phenoxy) is 1. The van der Waals surface area contributed by atoms with Crippen LogP contribution in [0.15, 0.2) is 24.3 Å². The number of carbonyl (C=O) groups excluding carboxylic acids is 2. The Balaban J connectivity index is 1.80. The second-order valence-electron chi connectivity index (χ2n) is 5.43. The van der Waals surface area contributed by atoms with E-state index in [2.05, 4.69) is 5.32 Å². The lowest BCUT2D eigenvalue weighted by Gasteiger charge is -2.34. The van der Waals surface area contributed by atoms with E-state index < -0.39 is 0 Å². The summed E-state index contributed by atoms with van der Waals surface area (Å²) in [7, 11) is 1.60. The molecule has 0 aromatic heterocycles. The Morgan fingerprint density at radius 1 is 1.39 bits per heavy atom. The summed E-state index contributed by atoms with van der Waals surface area (Å²) in [6.45, 7) is 2.71. The number of hydrogen-bond acceptors (Lipinski definition) is 4. The minimum absolute atomic E-state index is 0.0696. The summed E-state index contributed by atoms with van der Waals surface area (Å²) in [6, 6.07) is 6.21. The van der Waals surface area contributed by atoms with Crippen LogP contribution in [0.5, 0.6) is 0 Å². The lowest BCUT2D eigenvalue weighted by Crippen LogP contribution is -2.53. The van der Waals surface area contributed by atoms with Crippen LogP contribution in [0.3, 0.4) is 0 Å². The van der Waals surface area contributed by atoms with Crippen LogP contribution in [0.1, 0.15) is 5.56 Å². The molecule has 0 saturated carbocycles. The molecule has 1 aliphatic rings. The minimum atomic E-state index is -0.314. The van der Waals surface area contributed by atoms with Gasteiger partial charge in [-0.05, 0) is 17.7 Å². The molecule has 0 unspecified atom stereocenters. The summed E-state index contributed by atoms with van der Waals surface area (Å²) in [4.78, 5) is 27.4. The molecule has 1 aromatic rings. The topological polar surface area (TPSA) is 61.9 Å². The van der Waals surface area contributed by atoms with Crippen molar-refractivity contribution in [3.63, 3.8) is 0 Å². The van der Waals surface area contributed by atoms with Gasteiger partial charge in [0.05, 0.1) is 19.7 Å². The molecule has 6 nitrogen and oxygen atoms in total. The van der Waals surface area contributed by atoms with Gasteiger partial charge in [-0.25, -0.2) is 4.39 Å². The maximum atomic E-state index is 13.2. The van der Waals surface area contributed by atoms with Crippen LogP contribution < -0.4 is 5.32 Å². The van der Waals surface area contributed by atoms with Crippen LogP contribution >= 0.6 is 0 Å². The highest BCUT2D eigenvalue weighted by Gasteiger charge is 2.26. The fourth-order valence-electron chi connectivity index (χ4n) is 2.43. The first-order valence-corrected chi connectivity index (χ1v) is 7.60. The van der Waals surface area contributed by atoms with Gasteiger partial charge < -0.3 is 19.9 Å². The zero-order valence-electron chi connectivity index (χ0n) is 13.3. The monoisotopic (exact) mass is 323 g/mol. The number of methoxy groups -OCH3 is 1. The van der Waals surface area contributed by atoms with Crippen molar-refractivity contribution in [3.8, 4) is 0 Å². The molecule has 7 heteroatoms. The van der Waals surface area contributed by atoms with Crippen molar-refractivity contribution in [3.05, 3.63) is 35.6 Å². The highest BCUT2D eigenvalue weighted by Crippen LogP contribution is 2.11. The molecule has 1 aromatic carbocycles. The first-order chi connectivity index (χ1) is 11.1. The second kappa shape index (κ2) is 8.59. The van der Waals surface area contributed by atoms with Gasteiger partial charge in [-0.2, -0.15) is 0 Å². The van der Waals surface area contributed by atoms with Crippen LogP contribution in [0.4, 0.5) is 4.39 Å². The third kappa shape index (κ3) is 5.30. The molecule has 0 spiro atoms. The molecular formula is C16H22FN3O3. The van der Waals surface area contributed by atoms with Crippen LogP contribution in [0.2, 0.25) is 0 Å². The van der Waals surface area contributed by atoms with E-state index >= 15 is 0 Å². The number of hydrogen-bond donors (Lipinski definition) is 1. The SMILES string of the molecule is COCCNCC(=O)N1CCN(Cc2cccc(F)c2)C(=O)C1. The molecule has 1 N–H and O–H groups in total. The van der Waals surface area contributed by atoms with Crippen LogP contribution in [0.25, 0.3) is 0 Å². The number of carbonyl (C=O) groups is 2. The molecule has 0 aliphatic carbocycles. The summed E-state index contributed by atoms with van der Waals surface area (Å²) in [5.41, 5.74) is 0.749. The van der Waals surface area contributed by atoms with Crippen LogP contribution in [-0.2, 0) is 20.9 Å². The molecule has 1 heterocycles. The van der Waals surface area contributed by atoms with Gasteiger partial charge in [0, 0.05) is 33.3 Å². The molecule has 0 radical (unpaired) electrons. The highest BCUT2D eigenvalue weighted by molar-refractivity contribution is 5.86. The second-order valence-corrected chi connectivity index (χ2v) is 5.43. The summed E-state index contributed by atoms with van der Waals surface area (Å²) in [5, 5.41) is 2.97. The van der Waals surface area contributed by atoms with Crippen molar-refractivity contribution in [1.82, 2.24) is 15.1 Å². The maximum absolute atomic E-state index is 13.2. The summed E-state index contributed by atoms with van der Waals surface area (Å²) < 4.78 is 18.1. The van der Waals surface area contributed by atoms with Crippen LogP contribution in [-0.4, -0.2) is 68.1 Å².